The summed E-state index contributed by atoms with van der Waals surface area (Å²) in [6.45, 7) is 1.99. The largest absolute Gasteiger partial charge is 0.497 e. The molecule has 1 aliphatic carbocycles. The maximum Gasteiger partial charge on any atom is 0.268 e. The van der Waals surface area contributed by atoms with Gasteiger partial charge in [-0.15, -0.1) is 0 Å². The van der Waals surface area contributed by atoms with Crippen molar-refractivity contribution in [2.45, 2.75) is 31.4 Å². The number of hydrogen-bond donors (Lipinski definition) is 1. The average Bonchev–Trinajstić information content (AvgIpc) is 3.43. The number of amides is 1. The minimum Gasteiger partial charge on any atom is -0.497 e. The van der Waals surface area contributed by atoms with Gasteiger partial charge in [-0.2, -0.15) is 0 Å². The van der Waals surface area contributed by atoms with Gasteiger partial charge in [-0.25, -0.2) is 0 Å². The van der Waals surface area contributed by atoms with Crippen LogP contribution in [0, 0.1) is 5.92 Å². The summed E-state index contributed by atoms with van der Waals surface area (Å²) in [5.74, 6) is 1.39. The molecule has 1 aromatic carbocycles. The summed E-state index contributed by atoms with van der Waals surface area (Å²) >= 11 is 0. The number of rotatable bonds is 6. The molecule has 1 saturated carbocycles. The van der Waals surface area contributed by atoms with Crippen molar-refractivity contribution in [1.82, 2.24) is 9.88 Å². The predicted octanol–water partition coefficient (Wildman–Crippen LogP) is 2.50. The van der Waals surface area contributed by atoms with E-state index in [9.17, 15) is 4.79 Å². The lowest BCUT2D eigenvalue weighted by atomic mass is 10.1. The molecular formula is C20H26N2O4. The lowest BCUT2D eigenvalue weighted by Gasteiger charge is -2.32. The van der Waals surface area contributed by atoms with Gasteiger partial charge in [-0.3, -0.25) is 4.79 Å². The standard InChI is InChI=1S/C20H26N2O4/c1-22-17-10-15(24-2)6-5-14(17)9-18(22)20(23)21-16-12-25-8-7-19(16)26-11-13-3-4-13/h5-6,9-10,13,16,19H,3-4,7-8,11-12H2,1-2H3,(H,21,23)/t16-,19+/m1/s1. The van der Waals surface area contributed by atoms with Crippen LogP contribution in [0.3, 0.4) is 0 Å². The molecule has 0 radical (unpaired) electrons. The second-order valence-electron chi connectivity index (χ2n) is 7.27. The topological polar surface area (TPSA) is 61.7 Å². The Hall–Kier alpha value is -2.05. The zero-order valence-electron chi connectivity index (χ0n) is 15.4. The molecular weight excluding hydrogens is 332 g/mol. The summed E-state index contributed by atoms with van der Waals surface area (Å²) in [4.78, 5) is 12.9. The Morgan fingerprint density at radius 2 is 2.15 bits per heavy atom. The first-order valence-corrected chi connectivity index (χ1v) is 9.29. The highest BCUT2D eigenvalue weighted by Crippen LogP contribution is 2.30. The molecule has 1 N–H and O–H groups in total. The van der Waals surface area contributed by atoms with E-state index in [1.54, 1.807) is 7.11 Å². The van der Waals surface area contributed by atoms with Crippen molar-refractivity contribution in [3.8, 4) is 5.75 Å². The van der Waals surface area contributed by atoms with Crippen molar-refractivity contribution < 1.29 is 19.0 Å². The molecule has 2 fully saturated rings. The van der Waals surface area contributed by atoms with Crippen LogP contribution in [0.15, 0.2) is 24.3 Å². The molecule has 1 amide bonds. The Balaban J connectivity index is 1.49. The number of nitrogens with one attached hydrogen (secondary N) is 1. The van der Waals surface area contributed by atoms with Crippen molar-refractivity contribution in [2.75, 3.05) is 26.9 Å². The predicted molar refractivity (Wildman–Crippen MR) is 98.6 cm³/mol. The monoisotopic (exact) mass is 358 g/mol. The van der Waals surface area contributed by atoms with Gasteiger partial charge in [-0.05, 0) is 43.4 Å². The van der Waals surface area contributed by atoms with E-state index in [2.05, 4.69) is 5.32 Å². The van der Waals surface area contributed by atoms with Crippen molar-refractivity contribution in [1.29, 1.82) is 0 Å². The van der Waals surface area contributed by atoms with Gasteiger partial charge in [0.25, 0.3) is 5.91 Å². The van der Waals surface area contributed by atoms with Crippen LogP contribution in [0.2, 0.25) is 0 Å². The maximum atomic E-state index is 12.9. The van der Waals surface area contributed by atoms with Gasteiger partial charge in [0.05, 0.1) is 31.4 Å². The van der Waals surface area contributed by atoms with Crippen LogP contribution in [0.5, 0.6) is 5.75 Å². The van der Waals surface area contributed by atoms with Crippen molar-refractivity contribution in [3.05, 3.63) is 30.0 Å². The Kier molecular flexibility index (Phi) is 4.87. The number of aryl methyl sites for hydroxylation is 1. The first-order valence-electron chi connectivity index (χ1n) is 9.29. The number of carbonyl (C=O) groups excluding carboxylic acids is 1. The molecule has 0 unspecified atom stereocenters. The summed E-state index contributed by atoms with van der Waals surface area (Å²) < 4.78 is 18.8. The van der Waals surface area contributed by atoms with Crippen LogP contribution in [0.25, 0.3) is 10.9 Å². The highest BCUT2D eigenvalue weighted by Gasteiger charge is 2.31. The number of ether oxygens (including phenoxy) is 3. The summed E-state index contributed by atoms with van der Waals surface area (Å²) in [6, 6.07) is 7.62. The van der Waals surface area contributed by atoms with Crippen LogP contribution in [-0.2, 0) is 16.5 Å². The molecule has 0 spiro atoms. The first kappa shape index (κ1) is 17.4. The lowest BCUT2D eigenvalue weighted by Crippen LogP contribution is -2.51. The smallest absolute Gasteiger partial charge is 0.268 e. The van der Waals surface area contributed by atoms with E-state index >= 15 is 0 Å². The van der Waals surface area contributed by atoms with E-state index in [0.29, 0.717) is 24.8 Å². The Morgan fingerprint density at radius 3 is 2.92 bits per heavy atom. The highest BCUT2D eigenvalue weighted by atomic mass is 16.5. The number of benzene rings is 1. The third-order valence-corrected chi connectivity index (χ3v) is 5.34. The lowest BCUT2D eigenvalue weighted by molar-refractivity contribution is -0.0568. The first-order chi connectivity index (χ1) is 12.7. The summed E-state index contributed by atoms with van der Waals surface area (Å²) in [7, 11) is 3.54. The molecule has 1 aliphatic heterocycles. The van der Waals surface area contributed by atoms with Gasteiger partial charge in [0, 0.05) is 31.7 Å². The fraction of sp³-hybridized carbons (Fsp3) is 0.550. The molecule has 2 heterocycles. The average molecular weight is 358 g/mol. The Morgan fingerprint density at radius 1 is 1.31 bits per heavy atom. The quantitative estimate of drug-likeness (QED) is 0.862. The normalized spacial score (nSPS) is 23.2. The van der Waals surface area contributed by atoms with E-state index < -0.39 is 0 Å². The molecule has 6 heteroatoms. The molecule has 1 saturated heterocycles. The van der Waals surface area contributed by atoms with Gasteiger partial charge >= 0.3 is 0 Å². The number of hydrogen-bond acceptors (Lipinski definition) is 4. The van der Waals surface area contributed by atoms with Crippen LogP contribution in [0.4, 0.5) is 0 Å². The molecule has 1 aromatic heterocycles. The second-order valence-corrected chi connectivity index (χ2v) is 7.27. The van der Waals surface area contributed by atoms with Gasteiger partial charge < -0.3 is 24.1 Å². The SMILES string of the molecule is COc1ccc2cc(C(=O)N[C@@H]3COCC[C@@H]3OCC3CC3)n(C)c2c1. The molecule has 2 atom stereocenters. The third kappa shape index (κ3) is 3.57. The minimum atomic E-state index is -0.109. The van der Waals surface area contributed by atoms with Crippen LogP contribution in [0.1, 0.15) is 29.8 Å². The van der Waals surface area contributed by atoms with Crippen molar-refractivity contribution in [3.63, 3.8) is 0 Å². The Labute approximate surface area is 153 Å². The second kappa shape index (κ2) is 7.29. The zero-order valence-corrected chi connectivity index (χ0v) is 15.4. The fourth-order valence-electron chi connectivity index (χ4n) is 3.49. The minimum absolute atomic E-state index is 0.0306. The van der Waals surface area contributed by atoms with E-state index in [0.717, 1.165) is 29.7 Å². The van der Waals surface area contributed by atoms with E-state index in [4.69, 9.17) is 14.2 Å². The zero-order chi connectivity index (χ0) is 18.1. The number of carbonyl (C=O) groups is 1. The summed E-state index contributed by atoms with van der Waals surface area (Å²) in [5, 5.41) is 4.13. The van der Waals surface area contributed by atoms with Gasteiger partial charge in [-0.1, -0.05) is 0 Å². The molecule has 2 aliphatic rings. The van der Waals surface area contributed by atoms with Crippen LogP contribution < -0.4 is 10.1 Å². The summed E-state index contributed by atoms with van der Waals surface area (Å²) in [6.07, 6.45) is 3.38. The number of methoxy groups -OCH3 is 1. The molecule has 0 bridgehead atoms. The highest BCUT2D eigenvalue weighted by molar-refractivity contribution is 5.99. The van der Waals surface area contributed by atoms with Gasteiger partial charge in [0.2, 0.25) is 0 Å². The number of nitrogens with zero attached hydrogens (tertiary/aromatic N) is 1. The fourth-order valence-corrected chi connectivity index (χ4v) is 3.49. The summed E-state index contributed by atoms with van der Waals surface area (Å²) in [5.41, 5.74) is 1.59. The molecule has 6 nitrogen and oxygen atoms in total. The van der Waals surface area contributed by atoms with Crippen LogP contribution >= 0.6 is 0 Å². The van der Waals surface area contributed by atoms with E-state index in [-0.39, 0.29) is 18.1 Å². The third-order valence-electron chi connectivity index (χ3n) is 5.34. The Bertz CT molecular complexity index is 796. The van der Waals surface area contributed by atoms with Gasteiger partial charge in [0.15, 0.2) is 0 Å². The van der Waals surface area contributed by atoms with Crippen molar-refractivity contribution in [2.24, 2.45) is 13.0 Å². The molecule has 4 rings (SSSR count). The number of aromatic nitrogens is 1. The molecule has 26 heavy (non-hydrogen) atoms. The van der Waals surface area contributed by atoms with Crippen molar-refractivity contribution >= 4 is 16.8 Å². The van der Waals surface area contributed by atoms with Gasteiger partial charge in [0.1, 0.15) is 11.4 Å². The van der Waals surface area contributed by atoms with E-state index in [1.807, 2.05) is 35.9 Å². The van der Waals surface area contributed by atoms with E-state index in [1.165, 1.54) is 12.8 Å². The van der Waals surface area contributed by atoms with Crippen LogP contribution in [-0.4, -0.2) is 49.6 Å². The molecule has 2 aromatic rings. The number of fused-ring (bicyclic) bond motifs is 1. The maximum absolute atomic E-state index is 12.9. The molecule has 140 valence electrons.